The average molecular weight is 1080 g/mol. The molecule has 0 fully saturated rings. The summed E-state index contributed by atoms with van der Waals surface area (Å²) in [5.74, 6) is -2.27. The molecule has 0 saturated heterocycles. The maximum absolute atomic E-state index is 12.9. The Morgan fingerprint density at radius 2 is 0.701 bits per heavy atom. The van der Waals surface area contributed by atoms with Gasteiger partial charge in [0.15, 0.2) is 12.4 Å². The molecule has 0 aliphatic rings. The molecule has 448 valence electrons. The summed E-state index contributed by atoms with van der Waals surface area (Å²) in [5, 5.41) is 11.8. The maximum atomic E-state index is 12.9. The highest BCUT2D eigenvalue weighted by atomic mass is 16.7. The van der Waals surface area contributed by atoms with Crippen molar-refractivity contribution in [3.05, 3.63) is 60.8 Å². The molecule has 0 spiro atoms. The third kappa shape index (κ3) is 60.5. The first kappa shape index (κ1) is 74.0. The second-order valence-electron chi connectivity index (χ2n) is 23.0. The molecule has 0 heterocycles. The minimum atomic E-state index is -1.62. The molecule has 0 aromatic rings. The summed E-state index contributed by atoms with van der Waals surface area (Å²) >= 11 is 0. The number of nitrogens with zero attached hydrogens (tertiary/aromatic N) is 1. The van der Waals surface area contributed by atoms with Crippen LogP contribution in [0.3, 0.4) is 0 Å². The molecule has 77 heavy (non-hydrogen) atoms. The second kappa shape index (κ2) is 59.1. The van der Waals surface area contributed by atoms with Crippen LogP contribution in [-0.4, -0.2) is 82.3 Å². The Balaban J connectivity index is 4.16. The predicted molar refractivity (Wildman–Crippen MR) is 325 cm³/mol. The van der Waals surface area contributed by atoms with Gasteiger partial charge in [-0.05, 0) is 83.5 Å². The highest BCUT2D eigenvalue weighted by Gasteiger charge is 2.22. The third-order valence-electron chi connectivity index (χ3n) is 14.2. The molecule has 0 aromatic carbocycles. The number of hydrogen-bond acceptors (Lipinski definition) is 8. The molecule has 0 aliphatic heterocycles. The van der Waals surface area contributed by atoms with Crippen LogP contribution in [0.1, 0.15) is 296 Å². The van der Waals surface area contributed by atoms with Gasteiger partial charge >= 0.3 is 11.9 Å². The summed E-state index contributed by atoms with van der Waals surface area (Å²) in [7, 11) is 5.93. The molecule has 0 saturated carbocycles. The van der Waals surface area contributed by atoms with E-state index in [0.717, 1.165) is 51.4 Å². The molecular formula is C68H123NO8. The van der Waals surface area contributed by atoms with Crippen LogP contribution in [0.25, 0.3) is 0 Å². The first-order valence-electron chi connectivity index (χ1n) is 32.4. The smallest absolute Gasteiger partial charge is 0.306 e. The lowest BCUT2D eigenvalue weighted by Crippen LogP contribution is -2.44. The van der Waals surface area contributed by atoms with Gasteiger partial charge in [0, 0.05) is 12.8 Å². The van der Waals surface area contributed by atoms with Gasteiger partial charge in [0.25, 0.3) is 0 Å². The Labute approximate surface area is 475 Å². The molecule has 0 amide bonds. The number of unbranched alkanes of at least 4 members (excludes halogenated alkanes) is 35. The van der Waals surface area contributed by atoms with Crippen LogP contribution in [-0.2, 0) is 33.3 Å². The summed E-state index contributed by atoms with van der Waals surface area (Å²) < 4.78 is 22.8. The van der Waals surface area contributed by atoms with E-state index in [-0.39, 0.29) is 38.6 Å². The number of carboxylic acids is 1. The lowest BCUT2D eigenvalue weighted by atomic mass is 10.0. The Hall–Kier alpha value is -3.01. The van der Waals surface area contributed by atoms with Crippen LogP contribution in [0.5, 0.6) is 0 Å². The summed E-state index contributed by atoms with van der Waals surface area (Å²) in [6.07, 6.45) is 72.8. The Morgan fingerprint density at radius 3 is 1.04 bits per heavy atom. The van der Waals surface area contributed by atoms with Crippen molar-refractivity contribution in [3.8, 4) is 0 Å². The topological polar surface area (TPSA) is 111 Å². The SMILES string of the molecule is CCCCCCC/C=C\C/C=C\C/C=C\CCCCCCCCCCCCCCCCC(=O)OC(COC(=O)CCCCCCCCCCCCC/C=C\C/C=C\CCCCCCC)COC(OCC[N+](C)(C)C)C(=O)[O-]. The minimum absolute atomic E-state index is 0.147. The molecule has 0 radical (unpaired) electrons. The van der Waals surface area contributed by atoms with Crippen LogP contribution in [0.15, 0.2) is 60.8 Å². The van der Waals surface area contributed by atoms with Crippen LogP contribution in [0.4, 0.5) is 0 Å². The third-order valence-corrected chi connectivity index (χ3v) is 14.2. The number of esters is 2. The first-order valence-corrected chi connectivity index (χ1v) is 32.4. The molecule has 0 rings (SSSR count). The van der Waals surface area contributed by atoms with Crippen molar-refractivity contribution in [2.45, 2.75) is 309 Å². The zero-order valence-corrected chi connectivity index (χ0v) is 51.1. The average Bonchev–Trinajstić information content (AvgIpc) is 3.40. The lowest BCUT2D eigenvalue weighted by molar-refractivity contribution is -0.870. The van der Waals surface area contributed by atoms with Crippen molar-refractivity contribution in [3.63, 3.8) is 0 Å². The van der Waals surface area contributed by atoms with E-state index in [1.807, 2.05) is 21.1 Å². The molecule has 0 aromatic heterocycles. The lowest BCUT2D eigenvalue weighted by Gasteiger charge is -2.26. The number of likely N-dealkylation sites (N-methyl/N-ethyl adjacent to an activating group) is 1. The number of quaternary nitrogens is 1. The van der Waals surface area contributed by atoms with Gasteiger partial charge in [-0.1, -0.05) is 261 Å². The van der Waals surface area contributed by atoms with Gasteiger partial charge in [0.05, 0.1) is 40.3 Å². The van der Waals surface area contributed by atoms with Gasteiger partial charge in [-0.25, -0.2) is 0 Å². The number of hydrogen-bond donors (Lipinski definition) is 0. The molecule has 2 unspecified atom stereocenters. The van der Waals surface area contributed by atoms with Gasteiger partial charge < -0.3 is 33.3 Å². The molecule has 0 N–H and O–H groups in total. The zero-order valence-electron chi connectivity index (χ0n) is 51.1. The van der Waals surface area contributed by atoms with E-state index in [4.69, 9.17) is 18.9 Å². The molecule has 9 heteroatoms. The minimum Gasteiger partial charge on any atom is -0.545 e. The number of carbonyl (C=O) groups is 3. The Kier molecular flexibility index (Phi) is 56.8. The van der Waals surface area contributed by atoms with Crippen molar-refractivity contribution in [1.29, 1.82) is 0 Å². The van der Waals surface area contributed by atoms with Gasteiger partial charge in [-0.15, -0.1) is 0 Å². The second-order valence-corrected chi connectivity index (χ2v) is 23.0. The molecule has 9 nitrogen and oxygen atoms in total. The standard InChI is InChI=1S/C68H123NO8/c1-6-8-10-12-14-16-18-20-22-24-26-28-30-31-32-33-34-35-37-39-41-43-45-47-49-51-53-55-57-59-66(71)77-64(63-76-68(67(72)73)74-61-60-69(3,4)5)62-75-65(70)58-56-54-52-50-48-46-44-42-40-38-36-29-27-25-23-21-19-17-15-13-11-9-7-2/h18-21,24-27,30-31,64,68H,6-17,22-23,28-29,32-63H2,1-5H3/b20-18-,21-19-,26-24-,27-25-,31-30-. The molecule has 2 atom stereocenters. The highest BCUT2D eigenvalue weighted by molar-refractivity contribution is 5.70. The van der Waals surface area contributed by atoms with E-state index in [2.05, 4.69) is 74.6 Å². The quantitative estimate of drug-likeness (QED) is 0.0195. The van der Waals surface area contributed by atoms with Gasteiger partial charge in [-0.2, -0.15) is 0 Å². The maximum Gasteiger partial charge on any atom is 0.306 e. The van der Waals surface area contributed by atoms with Crippen LogP contribution in [0.2, 0.25) is 0 Å². The summed E-state index contributed by atoms with van der Waals surface area (Å²) in [5.41, 5.74) is 0. The highest BCUT2D eigenvalue weighted by Crippen LogP contribution is 2.17. The summed E-state index contributed by atoms with van der Waals surface area (Å²) in [4.78, 5) is 37.4. The van der Waals surface area contributed by atoms with E-state index in [0.29, 0.717) is 17.4 Å². The van der Waals surface area contributed by atoms with E-state index in [1.54, 1.807) is 0 Å². The van der Waals surface area contributed by atoms with Gasteiger partial charge in [0.2, 0.25) is 0 Å². The number of carbonyl (C=O) groups excluding carboxylic acids is 3. The van der Waals surface area contributed by atoms with Crippen molar-refractivity contribution in [2.24, 2.45) is 0 Å². The summed E-state index contributed by atoms with van der Waals surface area (Å²) in [6, 6.07) is 0. The van der Waals surface area contributed by atoms with Crippen molar-refractivity contribution in [1.82, 2.24) is 0 Å². The van der Waals surface area contributed by atoms with E-state index in [9.17, 15) is 19.5 Å². The largest absolute Gasteiger partial charge is 0.545 e. The van der Waals surface area contributed by atoms with Crippen molar-refractivity contribution >= 4 is 17.9 Å². The monoisotopic (exact) mass is 1080 g/mol. The number of rotatable bonds is 60. The van der Waals surface area contributed by atoms with Crippen molar-refractivity contribution in [2.75, 3.05) is 47.5 Å². The number of ether oxygens (including phenoxy) is 4. The predicted octanol–water partition coefficient (Wildman–Crippen LogP) is 18.2. The first-order chi connectivity index (χ1) is 37.6. The molecule has 0 aliphatic carbocycles. The van der Waals surface area contributed by atoms with Crippen LogP contribution in [0, 0.1) is 0 Å². The fraction of sp³-hybridized carbons (Fsp3) is 0.809. The molecule has 0 bridgehead atoms. The van der Waals surface area contributed by atoms with Crippen LogP contribution >= 0.6 is 0 Å². The number of aliphatic carboxylic acids is 1. The normalized spacial score (nSPS) is 13.1. The fourth-order valence-corrected chi connectivity index (χ4v) is 9.22. The Morgan fingerprint density at radius 1 is 0.390 bits per heavy atom. The van der Waals surface area contributed by atoms with Crippen molar-refractivity contribution < 1.29 is 42.9 Å². The number of carboxylic acid groups (broad SMARTS) is 1. The van der Waals surface area contributed by atoms with E-state index >= 15 is 0 Å². The fourth-order valence-electron chi connectivity index (χ4n) is 9.22. The number of allylic oxidation sites excluding steroid dienone is 10. The Bertz CT molecular complexity index is 1450. The van der Waals surface area contributed by atoms with Crippen LogP contribution < -0.4 is 5.11 Å². The molecular weight excluding hydrogens is 959 g/mol. The zero-order chi connectivity index (χ0) is 56.2. The van der Waals surface area contributed by atoms with E-state index in [1.165, 1.54) is 212 Å². The van der Waals surface area contributed by atoms with E-state index < -0.39 is 24.3 Å². The summed E-state index contributed by atoms with van der Waals surface area (Å²) in [6.45, 7) is 4.76. The van der Waals surface area contributed by atoms with Gasteiger partial charge in [0.1, 0.15) is 13.2 Å². The van der Waals surface area contributed by atoms with Gasteiger partial charge in [-0.3, -0.25) is 9.59 Å².